The Bertz CT molecular complexity index is 1480. The van der Waals surface area contributed by atoms with Gasteiger partial charge in [-0.05, 0) is 62.4 Å². The second-order valence-corrected chi connectivity index (χ2v) is 9.38. The molecule has 0 unspecified atom stereocenters. The van der Waals surface area contributed by atoms with Crippen LogP contribution in [0.1, 0.15) is 24.3 Å². The summed E-state index contributed by atoms with van der Waals surface area (Å²) in [6.45, 7) is 4.43. The summed E-state index contributed by atoms with van der Waals surface area (Å²) in [7, 11) is -4.24. The maximum Gasteiger partial charge on any atom is 0.281 e. The van der Waals surface area contributed by atoms with E-state index in [1.54, 1.807) is 12.1 Å². The van der Waals surface area contributed by atoms with Crippen LogP contribution in [0, 0.1) is 6.92 Å². The van der Waals surface area contributed by atoms with Gasteiger partial charge in [0.2, 0.25) is 0 Å². The maximum absolute atomic E-state index is 13.1. The standard InChI is InChI=1S/C26H24N4O4S.H2/c1-3-34-20-13-11-18(12-14-20)22-16-15-21(25(28-22)19-9-7-17(2)8-10-19)26(31)30-35(32,33)24-6-4-5-23(27)29-24;/h4-16H,3H2,1-2H3,(H2,27,29)(H,30,31);1H. The molecule has 0 spiro atoms. The van der Waals surface area contributed by atoms with Crippen LogP contribution in [-0.2, 0) is 10.0 Å². The van der Waals surface area contributed by atoms with E-state index >= 15 is 0 Å². The molecule has 4 rings (SSSR count). The molecule has 1 amide bonds. The zero-order valence-electron chi connectivity index (χ0n) is 19.2. The monoisotopic (exact) mass is 490 g/mol. The van der Waals surface area contributed by atoms with Gasteiger partial charge in [-0.25, -0.2) is 14.7 Å². The number of carbonyl (C=O) groups is 1. The van der Waals surface area contributed by atoms with Crippen LogP contribution in [0.3, 0.4) is 0 Å². The number of aryl methyl sites for hydroxylation is 1. The van der Waals surface area contributed by atoms with Gasteiger partial charge in [-0.1, -0.05) is 35.9 Å². The minimum Gasteiger partial charge on any atom is -0.494 e. The van der Waals surface area contributed by atoms with Gasteiger partial charge in [0.1, 0.15) is 11.6 Å². The SMILES string of the molecule is CCOc1ccc(-c2ccc(C(=O)NS(=O)(=O)c3cccc(N)n3)c(-c3ccc(C)cc3)n2)cc1.[HH]. The number of nitrogen functional groups attached to an aromatic ring is 1. The van der Waals surface area contributed by atoms with E-state index in [1.807, 2.05) is 62.4 Å². The number of hydrogen-bond acceptors (Lipinski definition) is 7. The third-order valence-corrected chi connectivity index (χ3v) is 6.41. The van der Waals surface area contributed by atoms with E-state index in [1.165, 1.54) is 18.2 Å². The fourth-order valence-corrected chi connectivity index (χ4v) is 4.37. The van der Waals surface area contributed by atoms with Crippen LogP contribution >= 0.6 is 0 Å². The van der Waals surface area contributed by atoms with Crippen molar-refractivity contribution in [1.82, 2.24) is 14.7 Å². The van der Waals surface area contributed by atoms with Crippen LogP contribution in [0.2, 0.25) is 0 Å². The molecule has 0 bridgehead atoms. The Morgan fingerprint density at radius 2 is 1.63 bits per heavy atom. The van der Waals surface area contributed by atoms with Gasteiger partial charge in [0.15, 0.2) is 5.03 Å². The molecular formula is C26H26N4O4S. The first kappa shape index (κ1) is 23.9. The van der Waals surface area contributed by atoms with Gasteiger partial charge in [0.25, 0.3) is 15.9 Å². The van der Waals surface area contributed by atoms with E-state index in [0.717, 1.165) is 16.9 Å². The van der Waals surface area contributed by atoms with Crippen LogP contribution in [0.25, 0.3) is 22.5 Å². The molecule has 0 radical (unpaired) electrons. The molecule has 0 saturated carbocycles. The predicted molar refractivity (Wildman–Crippen MR) is 136 cm³/mol. The van der Waals surface area contributed by atoms with Crippen molar-refractivity contribution < 1.29 is 19.4 Å². The van der Waals surface area contributed by atoms with Crippen molar-refractivity contribution >= 4 is 21.7 Å². The van der Waals surface area contributed by atoms with Crippen LogP contribution < -0.4 is 15.2 Å². The number of ether oxygens (including phenoxy) is 1. The zero-order valence-corrected chi connectivity index (χ0v) is 20.0. The number of carbonyl (C=O) groups excluding carboxylic acids is 1. The molecule has 3 N–H and O–H groups in total. The molecule has 0 aliphatic heterocycles. The number of nitrogens with zero attached hydrogens (tertiary/aromatic N) is 2. The normalized spacial score (nSPS) is 11.1. The van der Waals surface area contributed by atoms with E-state index in [2.05, 4.69) is 9.71 Å². The Hall–Kier alpha value is -4.24. The lowest BCUT2D eigenvalue weighted by molar-refractivity contribution is 0.0981. The summed E-state index contributed by atoms with van der Waals surface area (Å²) in [5.41, 5.74) is 9.22. The van der Waals surface area contributed by atoms with E-state index in [0.29, 0.717) is 23.6 Å². The highest BCUT2D eigenvalue weighted by atomic mass is 32.2. The van der Waals surface area contributed by atoms with Crippen LogP contribution in [-0.4, -0.2) is 30.9 Å². The third-order valence-electron chi connectivity index (χ3n) is 5.17. The van der Waals surface area contributed by atoms with Crippen molar-refractivity contribution in [2.24, 2.45) is 0 Å². The summed E-state index contributed by atoms with van der Waals surface area (Å²) >= 11 is 0. The number of pyridine rings is 2. The van der Waals surface area contributed by atoms with Gasteiger partial charge < -0.3 is 10.5 Å². The lowest BCUT2D eigenvalue weighted by Crippen LogP contribution is -2.31. The highest BCUT2D eigenvalue weighted by Crippen LogP contribution is 2.28. The van der Waals surface area contributed by atoms with Crippen molar-refractivity contribution in [3.05, 3.63) is 90.0 Å². The van der Waals surface area contributed by atoms with Gasteiger partial charge in [-0.15, -0.1) is 0 Å². The number of anilines is 1. The minimum absolute atomic E-state index is 0. The van der Waals surface area contributed by atoms with Gasteiger partial charge >= 0.3 is 0 Å². The second-order valence-electron chi connectivity index (χ2n) is 7.75. The fourth-order valence-electron chi connectivity index (χ4n) is 3.43. The summed E-state index contributed by atoms with van der Waals surface area (Å²) in [5, 5.41) is -0.346. The number of nitrogens with one attached hydrogen (secondary N) is 1. The molecular weight excluding hydrogens is 464 g/mol. The number of rotatable bonds is 7. The first-order valence-electron chi connectivity index (χ1n) is 10.9. The van der Waals surface area contributed by atoms with E-state index in [9.17, 15) is 13.2 Å². The predicted octanol–water partition coefficient (Wildman–Crippen LogP) is 4.46. The van der Waals surface area contributed by atoms with Gasteiger partial charge in [0.05, 0.1) is 23.6 Å². The Kier molecular flexibility index (Phi) is 6.79. The molecule has 180 valence electrons. The highest BCUT2D eigenvalue weighted by Gasteiger charge is 2.23. The Balaban J connectivity index is 0.00000361. The number of amides is 1. The van der Waals surface area contributed by atoms with Gasteiger partial charge in [-0.2, -0.15) is 8.42 Å². The summed E-state index contributed by atoms with van der Waals surface area (Å²) < 4.78 is 33.1. The fraction of sp³-hybridized carbons (Fsp3) is 0.115. The summed E-state index contributed by atoms with van der Waals surface area (Å²) in [5.74, 6) is -0.0519. The molecule has 2 aromatic carbocycles. The van der Waals surface area contributed by atoms with Crippen LogP contribution in [0.4, 0.5) is 5.82 Å². The van der Waals surface area contributed by atoms with Crippen molar-refractivity contribution in [1.29, 1.82) is 0 Å². The van der Waals surface area contributed by atoms with Crippen molar-refractivity contribution in [3.8, 4) is 28.3 Å². The summed E-state index contributed by atoms with van der Waals surface area (Å²) in [6.07, 6.45) is 0. The molecule has 0 aliphatic rings. The molecule has 0 aliphatic carbocycles. The smallest absolute Gasteiger partial charge is 0.281 e. The topological polar surface area (TPSA) is 124 Å². The lowest BCUT2D eigenvalue weighted by atomic mass is 10.0. The number of aromatic nitrogens is 2. The third kappa shape index (κ3) is 5.47. The zero-order chi connectivity index (χ0) is 25.0. The second kappa shape index (κ2) is 9.94. The molecule has 0 fully saturated rings. The quantitative estimate of drug-likeness (QED) is 0.392. The lowest BCUT2D eigenvalue weighted by Gasteiger charge is -2.13. The molecule has 35 heavy (non-hydrogen) atoms. The average Bonchev–Trinajstić information content (AvgIpc) is 2.84. The Morgan fingerprint density at radius 1 is 0.943 bits per heavy atom. The van der Waals surface area contributed by atoms with Crippen molar-refractivity contribution in [2.45, 2.75) is 18.9 Å². The van der Waals surface area contributed by atoms with E-state index in [4.69, 9.17) is 15.5 Å². The maximum atomic E-state index is 13.1. The Morgan fingerprint density at radius 3 is 2.29 bits per heavy atom. The molecule has 0 saturated heterocycles. The minimum atomic E-state index is -4.24. The van der Waals surface area contributed by atoms with Crippen molar-refractivity contribution in [3.63, 3.8) is 0 Å². The van der Waals surface area contributed by atoms with Crippen LogP contribution in [0.15, 0.2) is 83.9 Å². The number of nitrogens with two attached hydrogens (primary N) is 1. The largest absolute Gasteiger partial charge is 0.494 e. The summed E-state index contributed by atoms with van der Waals surface area (Å²) in [4.78, 5) is 21.7. The average molecular weight is 491 g/mol. The van der Waals surface area contributed by atoms with E-state index in [-0.39, 0.29) is 17.8 Å². The van der Waals surface area contributed by atoms with Gasteiger partial charge in [-0.3, -0.25) is 4.79 Å². The summed E-state index contributed by atoms with van der Waals surface area (Å²) in [6, 6.07) is 22.3. The molecule has 9 heteroatoms. The molecule has 2 heterocycles. The first-order chi connectivity index (χ1) is 16.8. The number of sulfonamides is 1. The van der Waals surface area contributed by atoms with Crippen molar-refractivity contribution in [2.75, 3.05) is 12.3 Å². The molecule has 8 nitrogen and oxygen atoms in total. The van der Waals surface area contributed by atoms with E-state index < -0.39 is 15.9 Å². The molecule has 0 atom stereocenters. The highest BCUT2D eigenvalue weighted by molar-refractivity contribution is 7.90. The molecule has 2 aromatic heterocycles. The van der Waals surface area contributed by atoms with Gasteiger partial charge in [0, 0.05) is 12.6 Å². The number of benzene rings is 2. The van der Waals surface area contributed by atoms with Crippen LogP contribution in [0.5, 0.6) is 5.75 Å². The first-order valence-corrected chi connectivity index (χ1v) is 12.4. The number of hydrogen-bond donors (Lipinski definition) is 2. The Labute approximate surface area is 205 Å². The molecule has 4 aromatic rings.